The molecule has 0 aliphatic carbocycles. The normalized spacial score (nSPS) is 19.1. The first-order valence-electron chi connectivity index (χ1n) is 5.62. The minimum atomic E-state index is 0.389. The zero-order valence-electron chi connectivity index (χ0n) is 10.5. The van der Waals surface area contributed by atoms with E-state index in [1.54, 1.807) is 7.11 Å². The van der Waals surface area contributed by atoms with Gasteiger partial charge >= 0.3 is 0 Å². The van der Waals surface area contributed by atoms with Gasteiger partial charge in [0.1, 0.15) is 0 Å². The summed E-state index contributed by atoms with van der Waals surface area (Å²) in [6, 6.07) is 0. The van der Waals surface area contributed by atoms with Gasteiger partial charge in [0.15, 0.2) is 5.88 Å². The lowest BCUT2D eigenvalue weighted by Crippen LogP contribution is -2.48. The van der Waals surface area contributed by atoms with Crippen LogP contribution in [-0.2, 0) is 4.74 Å². The molecule has 1 aliphatic heterocycles. The molecule has 0 saturated carbocycles. The van der Waals surface area contributed by atoms with Crippen LogP contribution in [0.3, 0.4) is 0 Å². The van der Waals surface area contributed by atoms with Gasteiger partial charge in [0.2, 0.25) is 0 Å². The molecule has 0 spiro atoms. The number of ether oxygens (including phenoxy) is 1. The Morgan fingerprint density at radius 1 is 1.20 bits per heavy atom. The lowest BCUT2D eigenvalue weighted by atomic mass is 9.96. The fourth-order valence-corrected chi connectivity index (χ4v) is 1.96. The van der Waals surface area contributed by atoms with Gasteiger partial charge in [-0.3, -0.25) is 4.90 Å². The van der Waals surface area contributed by atoms with Crippen molar-refractivity contribution >= 4 is 0 Å². The maximum absolute atomic E-state index is 5.14. The Morgan fingerprint density at radius 2 is 1.73 bits per heavy atom. The van der Waals surface area contributed by atoms with E-state index in [-0.39, 0.29) is 0 Å². The van der Waals surface area contributed by atoms with Crippen LogP contribution in [-0.4, -0.2) is 49.6 Å². The standard InChI is InChI=1S/C12H24N2O/c1-11(15-5)14-8-6-13(7-9-14)10-12(2,3)4/h1,6-10H2,2-5H3. The first-order chi connectivity index (χ1) is 6.92. The molecule has 1 fully saturated rings. The molecule has 88 valence electrons. The molecule has 0 N–H and O–H groups in total. The van der Waals surface area contributed by atoms with Crippen LogP contribution >= 0.6 is 0 Å². The zero-order chi connectivity index (χ0) is 11.5. The molecular formula is C12H24N2O. The second-order valence-corrected chi connectivity index (χ2v) is 5.42. The summed E-state index contributed by atoms with van der Waals surface area (Å²) >= 11 is 0. The van der Waals surface area contributed by atoms with Crippen LogP contribution in [0.2, 0.25) is 0 Å². The summed E-state index contributed by atoms with van der Waals surface area (Å²) < 4.78 is 5.14. The van der Waals surface area contributed by atoms with E-state index < -0.39 is 0 Å². The van der Waals surface area contributed by atoms with E-state index in [9.17, 15) is 0 Å². The van der Waals surface area contributed by atoms with Crippen molar-refractivity contribution in [3.8, 4) is 0 Å². The highest BCUT2D eigenvalue weighted by molar-refractivity contribution is 4.87. The van der Waals surface area contributed by atoms with E-state index in [1.165, 1.54) is 6.54 Å². The van der Waals surface area contributed by atoms with Crippen molar-refractivity contribution in [3.05, 3.63) is 12.5 Å². The molecule has 0 bridgehead atoms. The third-order valence-corrected chi connectivity index (χ3v) is 2.66. The average molecular weight is 212 g/mol. The van der Waals surface area contributed by atoms with Gasteiger partial charge in [-0.05, 0) is 12.0 Å². The Hall–Kier alpha value is -0.700. The summed E-state index contributed by atoms with van der Waals surface area (Å²) in [5, 5.41) is 0. The molecule has 1 aliphatic rings. The number of nitrogens with zero attached hydrogens (tertiary/aromatic N) is 2. The second-order valence-electron chi connectivity index (χ2n) is 5.42. The van der Waals surface area contributed by atoms with Gasteiger partial charge in [-0.25, -0.2) is 0 Å². The van der Waals surface area contributed by atoms with Crippen molar-refractivity contribution in [2.75, 3.05) is 39.8 Å². The topological polar surface area (TPSA) is 15.7 Å². The predicted molar refractivity (Wildman–Crippen MR) is 63.6 cm³/mol. The number of hydrogen-bond donors (Lipinski definition) is 0. The minimum absolute atomic E-state index is 0.389. The number of piperazine rings is 1. The van der Waals surface area contributed by atoms with Crippen LogP contribution < -0.4 is 0 Å². The Kier molecular flexibility index (Phi) is 4.03. The van der Waals surface area contributed by atoms with Crippen molar-refractivity contribution in [1.29, 1.82) is 0 Å². The van der Waals surface area contributed by atoms with Crippen molar-refractivity contribution in [1.82, 2.24) is 9.80 Å². The Balaban J connectivity index is 2.33. The summed E-state index contributed by atoms with van der Waals surface area (Å²) in [4.78, 5) is 4.72. The first-order valence-corrected chi connectivity index (χ1v) is 5.62. The molecule has 0 aromatic heterocycles. The molecule has 0 atom stereocenters. The van der Waals surface area contributed by atoms with E-state index in [0.717, 1.165) is 32.1 Å². The molecule has 3 nitrogen and oxygen atoms in total. The molecule has 0 amide bonds. The highest BCUT2D eigenvalue weighted by atomic mass is 16.5. The molecule has 15 heavy (non-hydrogen) atoms. The zero-order valence-corrected chi connectivity index (χ0v) is 10.5. The van der Waals surface area contributed by atoms with Crippen molar-refractivity contribution in [2.45, 2.75) is 20.8 Å². The molecule has 1 saturated heterocycles. The van der Waals surface area contributed by atoms with Crippen LogP contribution in [0.4, 0.5) is 0 Å². The van der Waals surface area contributed by atoms with E-state index in [4.69, 9.17) is 4.74 Å². The van der Waals surface area contributed by atoms with Crippen LogP contribution in [0.5, 0.6) is 0 Å². The van der Waals surface area contributed by atoms with Crippen molar-refractivity contribution in [2.24, 2.45) is 5.41 Å². The Morgan fingerprint density at radius 3 is 2.13 bits per heavy atom. The molecule has 1 rings (SSSR count). The number of rotatable bonds is 3. The van der Waals surface area contributed by atoms with Gasteiger partial charge in [-0.2, -0.15) is 0 Å². The molecule has 0 aromatic rings. The smallest absolute Gasteiger partial charge is 0.181 e. The molecule has 0 unspecified atom stereocenters. The maximum atomic E-state index is 5.14. The van der Waals surface area contributed by atoms with E-state index in [0.29, 0.717) is 5.41 Å². The molecule has 0 radical (unpaired) electrons. The fraction of sp³-hybridized carbons (Fsp3) is 0.833. The summed E-state index contributed by atoms with van der Waals surface area (Å²) in [5.74, 6) is 0.797. The monoisotopic (exact) mass is 212 g/mol. The van der Waals surface area contributed by atoms with Gasteiger partial charge in [-0.1, -0.05) is 20.8 Å². The van der Waals surface area contributed by atoms with Crippen LogP contribution in [0.15, 0.2) is 12.5 Å². The van der Waals surface area contributed by atoms with Gasteiger partial charge in [-0.15, -0.1) is 0 Å². The highest BCUT2D eigenvalue weighted by Gasteiger charge is 2.22. The van der Waals surface area contributed by atoms with Crippen LogP contribution in [0, 0.1) is 5.41 Å². The molecule has 0 aromatic carbocycles. The second kappa shape index (κ2) is 4.88. The van der Waals surface area contributed by atoms with Gasteiger partial charge < -0.3 is 9.64 Å². The van der Waals surface area contributed by atoms with Gasteiger partial charge in [0.25, 0.3) is 0 Å². The summed E-state index contributed by atoms with van der Waals surface area (Å²) in [5.41, 5.74) is 0.389. The van der Waals surface area contributed by atoms with E-state index in [1.807, 2.05) is 0 Å². The number of hydrogen-bond acceptors (Lipinski definition) is 3. The SMILES string of the molecule is C=C(OC)N1CCN(CC(C)(C)C)CC1. The molecule has 1 heterocycles. The predicted octanol–water partition coefficient (Wildman–Crippen LogP) is 1.77. The maximum Gasteiger partial charge on any atom is 0.181 e. The van der Waals surface area contributed by atoms with E-state index >= 15 is 0 Å². The van der Waals surface area contributed by atoms with E-state index in [2.05, 4.69) is 37.1 Å². The van der Waals surface area contributed by atoms with Crippen LogP contribution in [0.1, 0.15) is 20.8 Å². The fourth-order valence-electron chi connectivity index (χ4n) is 1.96. The van der Waals surface area contributed by atoms with Crippen molar-refractivity contribution in [3.63, 3.8) is 0 Å². The summed E-state index contributed by atoms with van der Waals surface area (Å²) in [6.07, 6.45) is 0. The van der Waals surface area contributed by atoms with Crippen LogP contribution in [0.25, 0.3) is 0 Å². The molecular weight excluding hydrogens is 188 g/mol. The summed E-state index contributed by atoms with van der Waals surface area (Å²) in [7, 11) is 1.68. The quantitative estimate of drug-likeness (QED) is 0.663. The van der Waals surface area contributed by atoms with Crippen molar-refractivity contribution < 1.29 is 4.74 Å². The highest BCUT2D eigenvalue weighted by Crippen LogP contribution is 2.17. The molecule has 3 heteroatoms. The lowest BCUT2D eigenvalue weighted by Gasteiger charge is -2.38. The average Bonchev–Trinajstić information content (AvgIpc) is 2.15. The lowest BCUT2D eigenvalue weighted by molar-refractivity contribution is 0.0769. The van der Waals surface area contributed by atoms with Gasteiger partial charge in [0.05, 0.1) is 7.11 Å². The number of methoxy groups -OCH3 is 1. The summed E-state index contributed by atoms with van der Waals surface area (Å²) in [6.45, 7) is 16.2. The third-order valence-electron chi connectivity index (χ3n) is 2.66. The Bertz CT molecular complexity index is 212. The minimum Gasteiger partial charge on any atom is -0.483 e. The van der Waals surface area contributed by atoms with Gasteiger partial charge in [0, 0.05) is 32.7 Å². The first kappa shape index (κ1) is 12.4. The third kappa shape index (κ3) is 4.12. The Labute approximate surface area is 93.7 Å². The largest absolute Gasteiger partial charge is 0.483 e.